The zero-order valence-corrected chi connectivity index (χ0v) is 11.8. The maximum absolute atomic E-state index is 5.79. The van der Waals surface area contributed by atoms with Gasteiger partial charge in [-0.2, -0.15) is 5.10 Å². The molecule has 0 aliphatic rings. The molecule has 3 aromatic rings. The number of benzene rings is 1. The Bertz CT molecular complexity index is 758. The molecule has 1 aromatic carbocycles. The smallest absolute Gasteiger partial charge is 0.154 e. The first-order valence-corrected chi connectivity index (χ1v) is 6.95. The zero-order valence-electron chi connectivity index (χ0n) is 11.8. The van der Waals surface area contributed by atoms with E-state index in [1.165, 1.54) is 5.69 Å². The molecule has 4 heteroatoms. The van der Waals surface area contributed by atoms with Gasteiger partial charge in [-0.05, 0) is 49.2 Å². The molecule has 2 N–H and O–H groups in total. The van der Waals surface area contributed by atoms with Crippen LogP contribution in [-0.2, 0) is 12.8 Å². The highest BCUT2D eigenvalue weighted by atomic mass is 15.3. The summed E-state index contributed by atoms with van der Waals surface area (Å²) in [6.07, 6.45) is 1.87. The third-order valence-electron chi connectivity index (χ3n) is 3.47. The Morgan fingerprint density at radius 3 is 2.65 bits per heavy atom. The van der Waals surface area contributed by atoms with Gasteiger partial charge in [0.15, 0.2) is 5.82 Å². The van der Waals surface area contributed by atoms with E-state index in [-0.39, 0.29) is 0 Å². The topological polar surface area (TPSA) is 56.7 Å². The summed E-state index contributed by atoms with van der Waals surface area (Å²) >= 11 is 0. The molecule has 0 unspecified atom stereocenters. The predicted molar refractivity (Wildman–Crippen MR) is 82.0 cm³/mol. The summed E-state index contributed by atoms with van der Waals surface area (Å²) in [6, 6.07) is 11.9. The molecule has 4 nitrogen and oxygen atoms in total. The van der Waals surface area contributed by atoms with Crippen molar-refractivity contribution in [1.29, 1.82) is 0 Å². The van der Waals surface area contributed by atoms with E-state index < -0.39 is 0 Å². The number of hydrogen-bond donors (Lipinski definition) is 1. The number of pyridine rings is 1. The van der Waals surface area contributed by atoms with E-state index in [1.807, 2.05) is 35.0 Å². The maximum Gasteiger partial charge on any atom is 0.154 e. The molecule has 102 valence electrons. The maximum atomic E-state index is 5.79. The van der Waals surface area contributed by atoms with Crippen molar-refractivity contribution >= 4 is 16.6 Å². The molecule has 0 bridgehead atoms. The van der Waals surface area contributed by atoms with Gasteiger partial charge in [-0.1, -0.05) is 13.8 Å². The fraction of sp³-hybridized carbons (Fsp3) is 0.250. The van der Waals surface area contributed by atoms with Crippen LogP contribution < -0.4 is 5.73 Å². The monoisotopic (exact) mass is 266 g/mol. The second-order valence-electron chi connectivity index (χ2n) is 4.87. The first-order valence-electron chi connectivity index (χ1n) is 6.95. The minimum atomic E-state index is 0.758. The van der Waals surface area contributed by atoms with Gasteiger partial charge in [-0.3, -0.25) is 0 Å². The fourth-order valence-corrected chi connectivity index (χ4v) is 2.35. The van der Waals surface area contributed by atoms with Crippen LogP contribution in [-0.4, -0.2) is 14.8 Å². The number of hydrogen-bond acceptors (Lipinski definition) is 3. The molecule has 20 heavy (non-hydrogen) atoms. The van der Waals surface area contributed by atoms with Gasteiger partial charge in [0.1, 0.15) is 0 Å². The van der Waals surface area contributed by atoms with Gasteiger partial charge in [0.25, 0.3) is 0 Å². The Balaban J connectivity index is 2.14. The van der Waals surface area contributed by atoms with E-state index in [1.54, 1.807) is 0 Å². The molecule has 0 spiro atoms. The lowest BCUT2D eigenvalue weighted by Gasteiger charge is -2.06. The second kappa shape index (κ2) is 4.96. The Kier molecular flexibility index (Phi) is 3.14. The average molecular weight is 266 g/mol. The lowest BCUT2D eigenvalue weighted by Crippen LogP contribution is -2.04. The third kappa shape index (κ3) is 2.13. The van der Waals surface area contributed by atoms with Crippen LogP contribution in [0.25, 0.3) is 16.7 Å². The van der Waals surface area contributed by atoms with Crippen LogP contribution in [0.1, 0.15) is 25.2 Å². The van der Waals surface area contributed by atoms with Gasteiger partial charge in [-0.15, -0.1) is 0 Å². The third-order valence-corrected chi connectivity index (χ3v) is 3.47. The van der Waals surface area contributed by atoms with Gasteiger partial charge in [0.2, 0.25) is 0 Å². The molecule has 0 aliphatic heterocycles. The van der Waals surface area contributed by atoms with Crippen molar-refractivity contribution in [2.24, 2.45) is 0 Å². The number of nitrogens with two attached hydrogens (primary N) is 1. The van der Waals surface area contributed by atoms with E-state index >= 15 is 0 Å². The van der Waals surface area contributed by atoms with Crippen LogP contribution in [0.4, 0.5) is 5.69 Å². The molecule has 0 fully saturated rings. The van der Waals surface area contributed by atoms with Crippen LogP contribution in [0.15, 0.2) is 36.4 Å². The highest BCUT2D eigenvalue weighted by Crippen LogP contribution is 2.19. The number of aromatic nitrogens is 3. The van der Waals surface area contributed by atoms with Crippen molar-refractivity contribution in [3.8, 4) is 5.82 Å². The van der Waals surface area contributed by atoms with Crippen molar-refractivity contribution < 1.29 is 0 Å². The van der Waals surface area contributed by atoms with Crippen LogP contribution in [0.2, 0.25) is 0 Å². The summed E-state index contributed by atoms with van der Waals surface area (Å²) in [5.41, 5.74) is 9.77. The summed E-state index contributed by atoms with van der Waals surface area (Å²) in [7, 11) is 0. The van der Waals surface area contributed by atoms with Crippen LogP contribution in [0, 0.1) is 0 Å². The molecule has 0 amide bonds. The minimum absolute atomic E-state index is 0.758. The standard InChI is InChI=1S/C16H18N4/c1-3-13-10-14(4-2)20(19-13)16-8-5-11-9-12(17)6-7-15(11)18-16/h5-10H,3-4,17H2,1-2H3. The summed E-state index contributed by atoms with van der Waals surface area (Å²) < 4.78 is 1.94. The lowest BCUT2D eigenvalue weighted by molar-refractivity contribution is 0.776. The Hall–Kier alpha value is -2.36. The molecule has 0 radical (unpaired) electrons. The lowest BCUT2D eigenvalue weighted by atomic mass is 10.2. The summed E-state index contributed by atoms with van der Waals surface area (Å²) in [5, 5.41) is 5.67. The molecule has 2 aromatic heterocycles. The highest BCUT2D eigenvalue weighted by Gasteiger charge is 2.09. The summed E-state index contributed by atoms with van der Waals surface area (Å²) in [6.45, 7) is 4.25. The number of nitrogens with zero attached hydrogens (tertiary/aromatic N) is 3. The van der Waals surface area contributed by atoms with Crippen LogP contribution >= 0.6 is 0 Å². The number of nitrogen functional groups attached to an aromatic ring is 1. The Morgan fingerprint density at radius 2 is 1.90 bits per heavy atom. The Morgan fingerprint density at radius 1 is 1.05 bits per heavy atom. The largest absolute Gasteiger partial charge is 0.399 e. The first-order chi connectivity index (χ1) is 9.71. The van der Waals surface area contributed by atoms with E-state index in [2.05, 4.69) is 30.0 Å². The van der Waals surface area contributed by atoms with E-state index in [0.717, 1.165) is 40.9 Å². The molecule has 0 atom stereocenters. The molecule has 3 rings (SSSR count). The van der Waals surface area contributed by atoms with Gasteiger partial charge < -0.3 is 5.73 Å². The number of aryl methyl sites for hydroxylation is 2. The van der Waals surface area contributed by atoms with Gasteiger partial charge in [0, 0.05) is 16.8 Å². The highest BCUT2D eigenvalue weighted by molar-refractivity contribution is 5.82. The van der Waals surface area contributed by atoms with Gasteiger partial charge >= 0.3 is 0 Å². The van der Waals surface area contributed by atoms with E-state index in [4.69, 9.17) is 5.73 Å². The van der Waals surface area contributed by atoms with Crippen molar-refractivity contribution in [3.63, 3.8) is 0 Å². The Labute approximate surface area is 118 Å². The van der Waals surface area contributed by atoms with Crippen LogP contribution in [0.3, 0.4) is 0 Å². The zero-order chi connectivity index (χ0) is 14.1. The molecule has 0 saturated carbocycles. The molecule has 0 aliphatic carbocycles. The van der Waals surface area contributed by atoms with Crippen molar-refractivity contribution in [2.75, 3.05) is 5.73 Å². The second-order valence-corrected chi connectivity index (χ2v) is 4.87. The quantitative estimate of drug-likeness (QED) is 0.741. The van der Waals surface area contributed by atoms with E-state index in [9.17, 15) is 0 Å². The van der Waals surface area contributed by atoms with Crippen molar-refractivity contribution in [1.82, 2.24) is 14.8 Å². The molecule has 0 saturated heterocycles. The summed E-state index contributed by atoms with van der Waals surface area (Å²) in [4.78, 5) is 4.69. The summed E-state index contributed by atoms with van der Waals surface area (Å²) in [5.74, 6) is 0.860. The fourth-order valence-electron chi connectivity index (χ4n) is 2.35. The number of rotatable bonds is 3. The van der Waals surface area contributed by atoms with Crippen molar-refractivity contribution in [2.45, 2.75) is 26.7 Å². The number of fused-ring (bicyclic) bond motifs is 1. The molecule has 2 heterocycles. The molecular formula is C16H18N4. The van der Waals surface area contributed by atoms with Gasteiger partial charge in [0.05, 0.1) is 11.2 Å². The first kappa shape index (κ1) is 12.7. The van der Waals surface area contributed by atoms with Gasteiger partial charge in [-0.25, -0.2) is 9.67 Å². The average Bonchev–Trinajstić information content (AvgIpc) is 2.90. The number of anilines is 1. The SMILES string of the molecule is CCc1cc(CC)n(-c2ccc3cc(N)ccc3n2)n1. The molecular weight excluding hydrogens is 248 g/mol. The van der Waals surface area contributed by atoms with E-state index in [0.29, 0.717) is 0 Å². The van der Waals surface area contributed by atoms with Crippen molar-refractivity contribution in [3.05, 3.63) is 47.8 Å². The minimum Gasteiger partial charge on any atom is -0.399 e. The normalized spacial score (nSPS) is 11.1. The predicted octanol–water partition coefficient (Wildman–Crippen LogP) is 3.13. The van der Waals surface area contributed by atoms with Crippen LogP contribution in [0.5, 0.6) is 0 Å².